The van der Waals surface area contributed by atoms with E-state index in [2.05, 4.69) is 15.9 Å². The summed E-state index contributed by atoms with van der Waals surface area (Å²) < 4.78 is 32.2. The van der Waals surface area contributed by atoms with Gasteiger partial charge < -0.3 is 4.74 Å². The molecule has 96 valence electrons. The van der Waals surface area contributed by atoms with E-state index in [1.807, 2.05) is 6.92 Å². The second kappa shape index (κ2) is 6.30. The zero-order valence-electron chi connectivity index (χ0n) is 9.73. The number of nitrogens with zero attached hydrogens (tertiary/aromatic N) is 2. The highest BCUT2D eigenvalue weighted by molar-refractivity contribution is 9.09. The minimum absolute atomic E-state index is 0.329. The lowest BCUT2D eigenvalue weighted by Crippen LogP contribution is -2.47. The van der Waals surface area contributed by atoms with Crippen molar-refractivity contribution in [1.29, 1.82) is 0 Å². The average molecular weight is 315 g/mol. The van der Waals surface area contributed by atoms with Gasteiger partial charge in [0.25, 0.3) is 10.2 Å². The molecule has 1 aliphatic heterocycles. The first-order valence-electron chi connectivity index (χ1n) is 5.38. The minimum atomic E-state index is -3.29. The number of halogens is 1. The van der Waals surface area contributed by atoms with Crippen LogP contribution in [0.3, 0.4) is 0 Å². The normalized spacial score (nSPS) is 21.2. The van der Waals surface area contributed by atoms with Gasteiger partial charge in [-0.1, -0.05) is 22.9 Å². The van der Waals surface area contributed by atoms with E-state index in [4.69, 9.17) is 4.74 Å². The standard InChI is InChI=1S/C9H19BrN2O3S/c1-9(10)3-4-11(2)16(13,14)12-5-7-15-8-6-12/h9H,3-8H2,1-2H3. The highest BCUT2D eigenvalue weighted by Crippen LogP contribution is 2.11. The maximum Gasteiger partial charge on any atom is 0.281 e. The van der Waals surface area contributed by atoms with Gasteiger partial charge in [-0.25, -0.2) is 0 Å². The van der Waals surface area contributed by atoms with Crippen molar-refractivity contribution in [2.75, 3.05) is 39.9 Å². The highest BCUT2D eigenvalue weighted by Gasteiger charge is 2.28. The second-order valence-corrected chi connectivity index (χ2v) is 7.51. The SMILES string of the molecule is CC(Br)CCN(C)S(=O)(=O)N1CCOCC1. The Kier molecular flexibility index (Phi) is 5.66. The fourth-order valence-electron chi connectivity index (χ4n) is 1.45. The van der Waals surface area contributed by atoms with E-state index in [0.29, 0.717) is 37.7 Å². The zero-order valence-corrected chi connectivity index (χ0v) is 12.1. The zero-order chi connectivity index (χ0) is 12.2. The molecule has 1 unspecified atom stereocenters. The first-order valence-corrected chi connectivity index (χ1v) is 7.69. The van der Waals surface area contributed by atoms with Gasteiger partial charge in [-0.05, 0) is 6.42 Å². The van der Waals surface area contributed by atoms with Crippen LogP contribution >= 0.6 is 15.9 Å². The molecule has 1 atom stereocenters. The Hall–Kier alpha value is 0.310. The van der Waals surface area contributed by atoms with Crippen LogP contribution in [0.1, 0.15) is 13.3 Å². The number of morpholine rings is 1. The quantitative estimate of drug-likeness (QED) is 0.701. The van der Waals surface area contributed by atoms with E-state index < -0.39 is 10.2 Å². The van der Waals surface area contributed by atoms with Crippen LogP contribution in [-0.2, 0) is 14.9 Å². The molecule has 1 saturated heterocycles. The van der Waals surface area contributed by atoms with Gasteiger partial charge in [0.1, 0.15) is 0 Å². The molecule has 16 heavy (non-hydrogen) atoms. The maximum atomic E-state index is 12.1. The molecule has 0 aromatic carbocycles. The van der Waals surface area contributed by atoms with E-state index >= 15 is 0 Å². The van der Waals surface area contributed by atoms with E-state index in [9.17, 15) is 8.42 Å². The van der Waals surface area contributed by atoms with Crippen molar-refractivity contribution in [2.24, 2.45) is 0 Å². The third kappa shape index (κ3) is 3.96. The molecule has 0 radical (unpaired) electrons. The Bertz CT molecular complexity index is 302. The summed E-state index contributed by atoms with van der Waals surface area (Å²) in [6.07, 6.45) is 0.806. The number of hydrogen-bond donors (Lipinski definition) is 0. The average Bonchev–Trinajstić information content (AvgIpc) is 2.27. The lowest BCUT2D eigenvalue weighted by molar-refractivity contribution is 0.0706. The van der Waals surface area contributed by atoms with Crippen LogP contribution in [0, 0.1) is 0 Å². The smallest absolute Gasteiger partial charge is 0.281 e. The van der Waals surface area contributed by atoms with Gasteiger partial charge >= 0.3 is 0 Å². The van der Waals surface area contributed by atoms with Crippen molar-refractivity contribution >= 4 is 26.1 Å². The Morgan fingerprint density at radius 1 is 1.44 bits per heavy atom. The van der Waals surface area contributed by atoms with Gasteiger partial charge in [0.2, 0.25) is 0 Å². The predicted molar refractivity (Wildman–Crippen MR) is 66.9 cm³/mol. The molecule has 0 aliphatic carbocycles. The monoisotopic (exact) mass is 314 g/mol. The Balaban J connectivity index is 2.54. The summed E-state index contributed by atoms with van der Waals surface area (Å²) in [5.74, 6) is 0. The van der Waals surface area contributed by atoms with Crippen molar-refractivity contribution < 1.29 is 13.2 Å². The van der Waals surface area contributed by atoms with Crippen molar-refractivity contribution in [3.63, 3.8) is 0 Å². The number of alkyl halides is 1. The summed E-state index contributed by atoms with van der Waals surface area (Å²) in [5, 5.41) is 0. The molecule has 1 fully saturated rings. The van der Waals surface area contributed by atoms with Crippen LogP contribution in [0.5, 0.6) is 0 Å². The third-order valence-electron chi connectivity index (χ3n) is 2.53. The molecule has 0 bridgehead atoms. The molecule has 7 heteroatoms. The first kappa shape index (κ1) is 14.4. The summed E-state index contributed by atoms with van der Waals surface area (Å²) in [6, 6.07) is 0. The van der Waals surface area contributed by atoms with Gasteiger partial charge in [-0.15, -0.1) is 0 Å². The van der Waals surface area contributed by atoms with E-state index in [0.717, 1.165) is 6.42 Å². The summed E-state index contributed by atoms with van der Waals surface area (Å²) in [6.45, 7) is 4.43. The summed E-state index contributed by atoms with van der Waals surface area (Å²) in [7, 11) is -1.67. The molecule has 0 aromatic heterocycles. The summed E-state index contributed by atoms with van der Waals surface area (Å²) in [5.41, 5.74) is 0. The maximum absolute atomic E-state index is 12.1. The van der Waals surface area contributed by atoms with Crippen molar-refractivity contribution in [2.45, 2.75) is 18.2 Å². The van der Waals surface area contributed by atoms with Crippen LogP contribution in [0.4, 0.5) is 0 Å². The molecule has 5 nitrogen and oxygen atoms in total. The fraction of sp³-hybridized carbons (Fsp3) is 1.00. The van der Waals surface area contributed by atoms with E-state index in [1.54, 1.807) is 7.05 Å². The van der Waals surface area contributed by atoms with Gasteiger partial charge in [0.15, 0.2) is 0 Å². The second-order valence-electron chi connectivity index (χ2n) is 3.91. The van der Waals surface area contributed by atoms with Crippen LogP contribution in [0.15, 0.2) is 0 Å². The van der Waals surface area contributed by atoms with E-state index in [1.165, 1.54) is 8.61 Å². The van der Waals surface area contributed by atoms with Crippen molar-refractivity contribution in [3.8, 4) is 0 Å². The Morgan fingerprint density at radius 3 is 2.50 bits per heavy atom. The van der Waals surface area contributed by atoms with Crippen LogP contribution in [0.2, 0.25) is 0 Å². The molecule has 0 aromatic rings. The van der Waals surface area contributed by atoms with Gasteiger partial charge in [0.05, 0.1) is 13.2 Å². The molecule has 0 saturated carbocycles. The molecule has 1 rings (SSSR count). The summed E-state index contributed by atoms with van der Waals surface area (Å²) in [4.78, 5) is 0.329. The third-order valence-corrected chi connectivity index (χ3v) is 4.98. The van der Waals surface area contributed by atoms with Crippen molar-refractivity contribution in [1.82, 2.24) is 8.61 Å². The van der Waals surface area contributed by atoms with Crippen LogP contribution in [0.25, 0.3) is 0 Å². The number of ether oxygens (including phenoxy) is 1. The topological polar surface area (TPSA) is 49.9 Å². The Labute approximate surface area is 106 Å². The molecule has 0 amide bonds. The minimum Gasteiger partial charge on any atom is -0.379 e. The van der Waals surface area contributed by atoms with Crippen molar-refractivity contribution in [3.05, 3.63) is 0 Å². The van der Waals surface area contributed by atoms with Gasteiger partial charge in [-0.2, -0.15) is 17.0 Å². The number of rotatable bonds is 5. The van der Waals surface area contributed by atoms with Gasteiger partial charge in [0, 0.05) is 31.5 Å². The molecule has 0 N–H and O–H groups in total. The predicted octanol–water partition coefficient (Wildman–Crippen LogP) is 0.669. The summed E-state index contributed by atoms with van der Waals surface area (Å²) >= 11 is 3.41. The van der Waals surface area contributed by atoms with Crippen LogP contribution < -0.4 is 0 Å². The van der Waals surface area contributed by atoms with Gasteiger partial charge in [-0.3, -0.25) is 0 Å². The molecular weight excluding hydrogens is 296 g/mol. The highest BCUT2D eigenvalue weighted by atomic mass is 79.9. The molecule has 0 spiro atoms. The molecular formula is C9H19BrN2O3S. The first-order chi connectivity index (χ1) is 7.44. The largest absolute Gasteiger partial charge is 0.379 e. The Morgan fingerprint density at radius 2 is 2.00 bits per heavy atom. The molecule has 1 heterocycles. The fourth-order valence-corrected chi connectivity index (χ4v) is 3.00. The van der Waals surface area contributed by atoms with Crippen LogP contribution in [-0.4, -0.2) is 61.8 Å². The lowest BCUT2D eigenvalue weighted by atomic mass is 10.3. The van der Waals surface area contributed by atoms with E-state index in [-0.39, 0.29) is 0 Å². The molecule has 1 aliphatic rings. The number of hydrogen-bond acceptors (Lipinski definition) is 3. The lowest BCUT2D eigenvalue weighted by Gasteiger charge is -2.30.